The van der Waals surface area contributed by atoms with Crippen molar-refractivity contribution in [3.63, 3.8) is 0 Å². The summed E-state index contributed by atoms with van der Waals surface area (Å²) in [6.07, 6.45) is 7.34. The first-order valence-corrected chi connectivity index (χ1v) is 5.48. The Morgan fingerprint density at radius 2 is 2.18 bits per heavy atom. The predicted octanol–water partition coefficient (Wildman–Crippen LogP) is 1.50. The average Bonchev–Trinajstić information content (AvgIpc) is 2.27. The summed E-state index contributed by atoms with van der Waals surface area (Å²) in [7, 11) is 0. The average molecular weight is 228 g/mol. The Bertz CT molecular complexity index is 549. The second-order valence-electron chi connectivity index (χ2n) is 4.94. The molecule has 0 aromatic heterocycles. The molecule has 0 spiro atoms. The highest BCUT2D eigenvalue weighted by molar-refractivity contribution is 6.21. The number of guanidine groups is 1. The number of hydrogen-bond donors (Lipinski definition) is 0. The molecule has 86 valence electrons. The fourth-order valence-corrected chi connectivity index (χ4v) is 2.15. The van der Waals surface area contributed by atoms with Gasteiger partial charge in [-0.25, -0.2) is 9.98 Å². The van der Waals surface area contributed by atoms with Crippen LogP contribution in [-0.4, -0.2) is 29.2 Å². The first-order valence-electron chi connectivity index (χ1n) is 5.48. The standard InChI is InChI=1S/C12H12N4O/c1-12(2)5-9-8(10(17)6-12)7-14-11-13-3-4-15-16(9)11/h3-5,7H,6H2,1-2H3. The zero-order valence-electron chi connectivity index (χ0n) is 9.71. The predicted molar refractivity (Wildman–Crippen MR) is 65.8 cm³/mol. The van der Waals surface area contributed by atoms with Gasteiger partial charge in [-0.2, -0.15) is 10.1 Å². The maximum Gasteiger partial charge on any atom is 0.251 e. The Balaban J connectivity index is 2.16. The van der Waals surface area contributed by atoms with Crippen molar-refractivity contribution < 1.29 is 4.79 Å². The number of ketones is 1. The second kappa shape index (κ2) is 3.23. The summed E-state index contributed by atoms with van der Waals surface area (Å²) in [4.78, 5) is 20.3. The molecule has 0 amide bonds. The van der Waals surface area contributed by atoms with Crippen LogP contribution in [0.5, 0.6) is 0 Å². The van der Waals surface area contributed by atoms with E-state index in [9.17, 15) is 4.79 Å². The molecule has 0 unspecified atom stereocenters. The molecule has 3 rings (SSSR count). The molecule has 5 nitrogen and oxygen atoms in total. The van der Waals surface area contributed by atoms with Gasteiger partial charge in [0.15, 0.2) is 5.78 Å². The van der Waals surface area contributed by atoms with E-state index in [-0.39, 0.29) is 11.2 Å². The third-order valence-electron chi connectivity index (χ3n) is 2.89. The summed E-state index contributed by atoms with van der Waals surface area (Å²) in [5, 5.41) is 5.82. The number of hydrazone groups is 1. The van der Waals surface area contributed by atoms with Crippen molar-refractivity contribution in [2.45, 2.75) is 20.3 Å². The van der Waals surface area contributed by atoms with Crippen LogP contribution in [0.15, 0.2) is 38.6 Å². The van der Waals surface area contributed by atoms with E-state index in [1.807, 2.05) is 13.8 Å². The number of allylic oxidation sites excluding steroid dienone is 2. The molecule has 3 aliphatic rings. The van der Waals surface area contributed by atoms with E-state index in [2.05, 4.69) is 21.2 Å². The summed E-state index contributed by atoms with van der Waals surface area (Å²) >= 11 is 0. The Labute approximate surface area is 98.9 Å². The van der Waals surface area contributed by atoms with E-state index in [0.29, 0.717) is 18.0 Å². The fraction of sp³-hybridized carbons (Fsp3) is 0.333. The van der Waals surface area contributed by atoms with E-state index in [0.717, 1.165) is 5.70 Å². The van der Waals surface area contributed by atoms with Crippen molar-refractivity contribution in [3.8, 4) is 0 Å². The Kier molecular flexibility index (Phi) is 1.92. The largest absolute Gasteiger partial charge is 0.294 e. The lowest BCUT2D eigenvalue weighted by Crippen LogP contribution is -2.36. The van der Waals surface area contributed by atoms with Crippen molar-refractivity contribution >= 4 is 24.2 Å². The van der Waals surface area contributed by atoms with Gasteiger partial charge >= 0.3 is 0 Å². The number of aliphatic imine (C=N–C) groups is 2. The number of fused-ring (bicyclic) bond motifs is 3. The van der Waals surface area contributed by atoms with Crippen LogP contribution in [-0.2, 0) is 4.79 Å². The smallest absolute Gasteiger partial charge is 0.251 e. The highest BCUT2D eigenvalue weighted by Crippen LogP contribution is 2.37. The van der Waals surface area contributed by atoms with Gasteiger partial charge < -0.3 is 0 Å². The molecule has 0 saturated heterocycles. The van der Waals surface area contributed by atoms with Crippen molar-refractivity contribution in [2.24, 2.45) is 20.5 Å². The summed E-state index contributed by atoms with van der Waals surface area (Å²) in [6, 6.07) is 0. The zero-order chi connectivity index (χ0) is 12.0. The number of nitrogens with zero attached hydrogens (tertiary/aromatic N) is 4. The normalized spacial score (nSPS) is 24.7. The van der Waals surface area contributed by atoms with Gasteiger partial charge in [0.05, 0.1) is 23.7 Å². The van der Waals surface area contributed by atoms with Crippen LogP contribution < -0.4 is 0 Å². The maximum atomic E-state index is 12.0. The molecule has 0 N–H and O–H groups in total. The first-order chi connectivity index (χ1) is 8.07. The van der Waals surface area contributed by atoms with Gasteiger partial charge in [0.2, 0.25) is 0 Å². The van der Waals surface area contributed by atoms with Gasteiger partial charge in [-0.05, 0) is 5.41 Å². The van der Waals surface area contributed by atoms with Gasteiger partial charge in [-0.3, -0.25) is 4.79 Å². The Morgan fingerprint density at radius 1 is 1.35 bits per heavy atom. The van der Waals surface area contributed by atoms with Crippen LogP contribution in [0.4, 0.5) is 0 Å². The highest BCUT2D eigenvalue weighted by Gasteiger charge is 2.36. The summed E-state index contributed by atoms with van der Waals surface area (Å²) in [5.41, 5.74) is 1.27. The molecule has 2 heterocycles. The van der Waals surface area contributed by atoms with E-state index in [4.69, 9.17) is 0 Å². The lowest BCUT2D eigenvalue weighted by atomic mass is 9.78. The van der Waals surface area contributed by atoms with Gasteiger partial charge in [0, 0.05) is 12.6 Å². The molecule has 0 bridgehead atoms. The lowest BCUT2D eigenvalue weighted by molar-refractivity contribution is -0.117. The molecular formula is C12H12N4O. The number of rotatable bonds is 0. The van der Waals surface area contributed by atoms with Gasteiger partial charge in [-0.15, -0.1) is 0 Å². The van der Waals surface area contributed by atoms with E-state index in [1.165, 1.54) is 0 Å². The first kappa shape index (κ1) is 10.1. The van der Waals surface area contributed by atoms with Crippen molar-refractivity contribution in [1.82, 2.24) is 5.01 Å². The van der Waals surface area contributed by atoms with Crippen LogP contribution in [0.25, 0.3) is 0 Å². The summed E-state index contributed by atoms with van der Waals surface area (Å²) in [5.74, 6) is 0.619. The molecular weight excluding hydrogens is 216 g/mol. The van der Waals surface area contributed by atoms with Crippen molar-refractivity contribution in [2.75, 3.05) is 0 Å². The van der Waals surface area contributed by atoms with Gasteiger partial charge in [-0.1, -0.05) is 19.9 Å². The topological polar surface area (TPSA) is 57.4 Å². The SMILES string of the molecule is CC1(C)C=C2C(=CN=C3N=CC=NN23)C(=O)C1. The minimum Gasteiger partial charge on any atom is -0.294 e. The lowest BCUT2D eigenvalue weighted by Gasteiger charge is -2.33. The second-order valence-corrected chi connectivity index (χ2v) is 4.94. The van der Waals surface area contributed by atoms with Crippen LogP contribution in [0.2, 0.25) is 0 Å². The molecule has 0 aromatic rings. The number of carbonyl (C=O) groups excluding carboxylic acids is 1. The van der Waals surface area contributed by atoms with Crippen LogP contribution >= 0.6 is 0 Å². The Morgan fingerprint density at radius 3 is 3.00 bits per heavy atom. The Hall–Kier alpha value is -2.04. The van der Waals surface area contributed by atoms with E-state index in [1.54, 1.807) is 23.6 Å². The minimum absolute atomic E-state index is 0.111. The van der Waals surface area contributed by atoms with Crippen molar-refractivity contribution in [1.29, 1.82) is 0 Å². The third-order valence-corrected chi connectivity index (χ3v) is 2.89. The molecule has 2 aliphatic heterocycles. The quantitative estimate of drug-likeness (QED) is 0.630. The summed E-state index contributed by atoms with van der Waals surface area (Å²) < 4.78 is 0. The molecule has 0 saturated carbocycles. The molecule has 5 heteroatoms. The number of carbonyl (C=O) groups is 1. The fourth-order valence-electron chi connectivity index (χ4n) is 2.15. The highest BCUT2D eigenvalue weighted by atomic mass is 16.1. The van der Waals surface area contributed by atoms with Crippen molar-refractivity contribution in [3.05, 3.63) is 23.5 Å². The third kappa shape index (κ3) is 1.54. The molecule has 0 fully saturated rings. The molecule has 17 heavy (non-hydrogen) atoms. The number of Topliss-reactive ketones (excluding diaryl/α,β-unsaturated/α-hetero) is 1. The minimum atomic E-state index is -0.150. The van der Waals surface area contributed by atoms with Crippen LogP contribution in [0, 0.1) is 5.41 Å². The van der Waals surface area contributed by atoms with E-state index < -0.39 is 0 Å². The van der Waals surface area contributed by atoms with E-state index >= 15 is 0 Å². The van der Waals surface area contributed by atoms with Gasteiger partial charge in [0.25, 0.3) is 5.96 Å². The summed E-state index contributed by atoms with van der Waals surface area (Å²) in [6.45, 7) is 4.08. The molecule has 0 atom stereocenters. The molecule has 0 aromatic carbocycles. The monoisotopic (exact) mass is 228 g/mol. The molecule has 1 aliphatic carbocycles. The van der Waals surface area contributed by atoms with Gasteiger partial charge in [0.1, 0.15) is 0 Å². The molecule has 0 radical (unpaired) electrons. The maximum absolute atomic E-state index is 12.0. The van der Waals surface area contributed by atoms with Crippen LogP contribution in [0.1, 0.15) is 20.3 Å². The number of hydrogen-bond acceptors (Lipinski definition) is 5. The van der Waals surface area contributed by atoms with Crippen LogP contribution in [0.3, 0.4) is 0 Å². The zero-order valence-corrected chi connectivity index (χ0v) is 9.71.